The Morgan fingerprint density at radius 1 is 1.30 bits per heavy atom. The molecular weight excluding hydrogens is 258 g/mol. The number of ether oxygens (including phenoxy) is 2. The molecule has 0 aliphatic carbocycles. The van der Waals surface area contributed by atoms with Crippen molar-refractivity contribution in [3.8, 4) is 0 Å². The Kier molecular flexibility index (Phi) is 5.52. The average Bonchev–Trinajstić information content (AvgIpc) is 2.83. The Morgan fingerprint density at radius 2 is 2.05 bits per heavy atom. The van der Waals surface area contributed by atoms with Gasteiger partial charge in [-0.05, 0) is 19.4 Å². The average molecular weight is 279 g/mol. The summed E-state index contributed by atoms with van der Waals surface area (Å²) < 4.78 is 10.6. The number of carbonyl (C=O) groups is 1. The van der Waals surface area contributed by atoms with E-state index in [9.17, 15) is 4.79 Å². The van der Waals surface area contributed by atoms with Crippen LogP contribution in [-0.2, 0) is 25.7 Å². The molecule has 5 heteroatoms. The first-order valence-corrected chi connectivity index (χ1v) is 7.00. The van der Waals surface area contributed by atoms with Gasteiger partial charge in [-0.3, -0.25) is 9.63 Å². The van der Waals surface area contributed by atoms with Gasteiger partial charge in [-0.2, -0.15) is 5.06 Å². The van der Waals surface area contributed by atoms with Crippen LogP contribution < -0.4 is 0 Å². The van der Waals surface area contributed by atoms with E-state index in [0.29, 0.717) is 26.2 Å². The van der Waals surface area contributed by atoms with E-state index in [2.05, 4.69) is 0 Å². The van der Waals surface area contributed by atoms with E-state index < -0.39 is 6.04 Å². The first-order chi connectivity index (χ1) is 9.74. The van der Waals surface area contributed by atoms with Gasteiger partial charge in [-0.25, -0.2) is 0 Å². The van der Waals surface area contributed by atoms with E-state index in [1.54, 1.807) is 12.0 Å². The van der Waals surface area contributed by atoms with Crippen LogP contribution in [0.4, 0.5) is 0 Å². The topological polar surface area (TPSA) is 48.0 Å². The molecule has 1 aromatic rings. The molecule has 20 heavy (non-hydrogen) atoms. The fourth-order valence-corrected chi connectivity index (χ4v) is 2.21. The molecule has 1 heterocycles. The third kappa shape index (κ3) is 3.79. The second-order valence-electron chi connectivity index (χ2n) is 4.55. The molecule has 5 nitrogen and oxygen atoms in total. The summed E-state index contributed by atoms with van der Waals surface area (Å²) in [6, 6.07) is 9.47. The molecule has 1 fully saturated rings. The molecule has 0 unspecified atom stereocenters. The summed E-state index contributed by atoms with van der Waals surface area (Å²) in [5, 5.41) is 1.66. The zero-order chi connectivity index (χ0) is 14.4. The smallest absolute Gasteiger partial charge is 0.325 e. The molecule has 2 rings (SSSR count). The summed E-state index contributed by atoms with van der Waals surface area (Å²) in [6.45, 7) is 5.17. The van der Waals surface area contributed by atoms with Crippen LogP contribution in [-0.4, -0.2) is 36.6 Å². The summed E-state index contributed by atoms with van der Waals surface area (Å²) in [4.78, 5) is 17.7. The van der Waals surface area contributed by atoms with Crippen molar-refractivity contribution in [3.05, 3.63) is 35.9 Å². The summed E-state index contributed by atoms with van der Waals surface area (Å²) >= 11 is 0. The van der Waals surface area contributed by atoms with Crippen molar-refractivity contribution in [1.29, 1.82) is 0 Å². The third-order valence-corrected chi connectivity index (χ3v) is 3.11. The summed E-state index contributed by atoms with van der Waals surface area (Å²) in [7, 11) is 0. The van der Waals surface area contributed by atoms with Crippen LogP contribution in [0.5, 0.6) is 0 Å². The molecular formula is C15H21NO4. The minimum Gasteiger partial charge on any atom is -0.465 e. The Hall–Kier alpha value is -1.43. The van der Waals surface area contributed by atoms with Gasteiger partial charge >= 0.3 is 5.97 Å². The highest BCUT2D eigenvalue weighted by Crippen LogP contribution is 2.25. The Balaban J connectivity index is 2.04. The molecule has 2 atom stereocenters. The predicted molar refractivity (Wildman–Crippen MR) is 73.5 cm³/mol. The SMILES string of the molecule is CCOC(=O)[C@H]1C[C@H](OCC)ON1Cc1ccccc1. The number of carbonyl (C=O) groups excluding carboxylic acids is 1. The fourth-order valence-electron chi connectivity index (χ4n) is 2.21. The normalized spacial score (nSPS) is 22.9. The van der Waals surface area contributed by atoms with Crippen molar-refractivity contribution in [2.45, 2.75) is 39.1 Å². The van der Waals surface area contributed by atoms with E-state index in [-0.39, 0.29) is 12.3 Å². The first-order valence-electron chi connectivity index (χ1n) is 7.00. The van der Waals surface area contributed by atoms with Crippen molar-refractivity contribution in [1.82, 2.24) is 5.06 Å². The fraction of sp³-hybridized carbons (Fsp3) is 0.533. The Bertz CT molecular complexity index is 423. The summed E-state index contributed by atoms with van der Waals surface area (Å²) in [6.07, 6.45) is 0.123. The van der Waals surface area contributed by atoms with Crippen LogP contribution in [0.15, 0.2) is 30.3 Å². The number of rotatable bonds is 6. The van der Waals surface area contributed by atoms with Gasteiger partial charge in [0.15, 0.2) is 6.29 Å². The lowest BCUT2D eigenvalue weighted by Crippen LogP contribution is -2.36. The highest BCUT2D eigenvalue weighted by molar-refractivity contribution is 5.75. The predicted octanol–water partition coefficient (Wildman–Crippen LogP) is 2.12. The van der Waals surface area contributed by atoms with E-state index in [0.717, 1.165) is 5.56 Å². The number of benzene rings is 1. The molecule has 0 N–H and O–H groups in total. The van der Waals surface area contributed by atoms with Crippen LogP contribution in [0.25, 0.3) is 0 Å². The summed E-state index contributed by atoms with van der Waals surface area (Å²) in [5.74, 6) is -0.259. The minimum atomic E-state index is -0.410. The summed E-state index contributed by atoms with van der Waals surface area (Å²) in [5.41, 5.74) is 1.08. The van der Waals surface area contributed by atoms with Gasteiger partial charge in [0.2, 0.25) is 0 Å². The number of hydroxylamine groups is 2. The second-order valence-corrected chi connectivity index (χ2v) is 4.55. The van der Waals surface area contributed by atoms with Crippen molar-refractivity contribution in [2.75, 3.05) is 13.2 Å². The van der Waals surface area contributed by atoms with Gasteiger partial charge < -0.3 is 9.47 Å². The van der Waals surface area contributed by atoms with Gasteiger partial charge in [0.05, 0.1) is 13.2 Å². The molecule has 1 aromatic carbocycles. The van der Waals surface area contributed by atoms with Crippen molar-refractivity contribution >= 4 is 5.97 Å². The zero-order valence-corrected chi connectivity index (χ0v) is 12.0. The maximum absolute atomic E-state index is 12.0. The highest BCUT2D eigenvalue weighted by Gasteiger charge is 2.39. The minimum absolute atomic E-state index is 0.259. The van der Waals surface area contributed by atoms with Crippen molar-refractivity contribution in [2.24, 2.45) is 0 Å². The monoisotopic (exact) mass is 279 g/mol. The number of hydrogen-bond acceptors (Lipinski definition) is 5. The molecule has 0 spiro atoms. The lowest BCUT2D eigenvalue weighted by molar-refractivity contribution is -0.243. The molecule has 1 saturated heterocycles. The highest BCUT2D eigenvalue weighted by atomic mass is 16.8. The molecule has 0 radical (unpaired) electrons. The van der Waals surface area contributed by atoms with Crippen LogP contribution in [0.2, 0.25) is 0 Å². The van der Waals surface area contributed by atoms with Crippen LogP contribution >= 0.6 is 0 Å². The molecule has 0 saturated carbocycles. The second kappa shape index (κ2) is 7.38. The van der Waals surface area contributed by atoms with Gasteiger partial charge in [0, 0.05) is 13.0 Å². The quantitative estimate of drug-likeness (QED) is 0.746. The molecule has 1 aliphatic rings. The van der Waals surface area contributed by atoms with E-state index in [1.807, 2.05) is 37.3 Å². The van der Waals surface area contributed by atoms with Crippen molar-refractivity contribution < 1.29 is 19.1 Å². The molecule has 0 aromatic heterocycles. The Labute approximate surface area is 119 Å². The maximum atomic E-state index is 12.0. The molecule has 110 valence electrons. The zero-order valence-electron chi connectivity index (χ0n) is 12.0. The lowest BCUT2D eigenvalue weighted by atomic mass is 10.2. The van der Waals surface area contributed by atoms with Gasteiger partial charge in [0.1, 0.15) is 6.04 Å². The molecule has 1 aliphatic heterocycles. The number of nitrogens with zero attached hydrogens (tertiary/aromatic N) is 1. The van der Waals surface area contributed by atoms with Crippen LogP contribution in [0.1, 0.15) is 25.8 Å². The standard InChI is InChI=1S/C15H21NO4/c1-3-18-14-10-13(15(17)19-4-2)16(20-14)11-12-8-6-5-7-9-12/h5-9,13-14H,3-4,10-11H2,1-2H3/t13-,14-/m1/s1. The van der Waals surface area contributed by atoms with Crippen molar-refractivity contribution in [3.63, 3.8) is 0 Å². The largest absolute Gasteiger partial charge is 0.465 e. The Morgan fingerprint density at radius 3 is 2.70 bits per heavy atom. The number of hydrogen-bond donors (Lipinski definition) is 0. The number of esters is 1. The van der Waals surface area contributed by atoms with Gasteiger partial charge in [-0.15, -0.1) is 0 Å². The van der Waals surface area contributed by atoms with E-state index in [1.165, 1.54) is 0 Å². The van der Waals surface area contributed by atoms with E-state index in [4.69, 9.17) is 14.3 Å². The molecule has 0 bridgehead atoms. The molecule has 0 amide bonds. The lowest BCUT2D eigenvalue weighted by Gasteiger charge is -2.20. The van der Waals surface area contributed by atoms with E-state index >= 15 is 0 Å². The van der Waals surface area contributed by atoms with Crippen LogP contribution in [0, 0.1) is 0 Å². The van der Waals surface area contributed by atoms with Gasteiger partial charge in [0.25, 0.3) is 0 Å². The van der Waals surface area contributed by atoms with Crippen LogP contribution in [0.3, 0.4) is 0 Å². The third-order valence-electron chi connectivity index (χ3n) is 3.11. The maximum Gasteiger partial charge on any atom is 0.325 e. The van der Waals surface area contributed by atoms with Gasteiger partial charge in [-0.1, -0.05) is 30.3 Å². The first kappa shape index (κ1) is 15.0.